The predicted molar refractivity (Wildman–Crippen MR) is 128 cm³/mol. The summed E-state index contributed by atoms with van der Waals surface area (Å²) < 4.78 is 79.6. The van der Waals surface area contributed by atoms with Crippen molar-refractivity contribution in [3.63, 3.8) is 0 Å². The van der Waals surface area contributed by atoms with Crippen LogP contribution < -0.4 is 5.32 Å². The molecular formula is C23H20BrF4N5O3S. The van der Waals surface area contributed by atoms with Crippen LogP contribution in [0, 0.1) is 5.82 Å². The standard InChI is InChI=1S/C23H20BrF4N5O3S/c1-13-2-7-20(33(13)37(35,36)17-5-3-16(25)4-6-17)21(34)30-9-14-8-19(29-12-18(14)24)15-10-31-22(32-11-15)23(26,27)28/h3-6,8,10-13,20H,2,7,9H2,1H3,(H,30,34). The van der Waals surface area contributed by atoms with Gasteiger partial charge in [0, 0.05) is 41.2 Å². The smallest absolute Gasteiger partial charge is 0.351 e. The molecule has 0 radical (unpaired) electrons. The third kappa shape index (κ3) is 5.80. The van der Waals surface area contributed by atoms with E-state index in [1.54, 1.807) is 13.0 Å². The number of rotatable bonds is 6. The van der Waals surface area contributed by atoms with Gasteiger partial charge in [-0.2, -0.15) is 17.5 Å². The number of sulfonamides is 1. The molecule has 0 bridgehead atoms. The maximum atomic E-state index is 13.3. The summed E-state index contributed by atoms with van der Waals surface area (Å²) in [6.45, 7) is 1.69. The summed E-state index contributed by atoms with van der Waals surface area (Å²) in [5, 5.41) is 2.73. The molecule has 2 atom stereocenters. The summed E-state index contributed by atoms with van der Waals surface area (Å²) >= 11 is 3.33. The Balaban J connectivity index is 1.50. The highest BCUT2D eigenvalue weighted by Crippen LogP contribution is 2.32. The Labute approximate surface area is 218 Å². The minimum atomic E-state index is -4.67. The largest absolute Gasteiger partial charge is 0.451 e. The van der Waals surface area contributed by atoms with Crippen LogP contribution in [0.15, 0.2) is 58.3 Å². The lowest BCUT2D eigenvalue weighted by Crippen LogP contribution is -2.48. The summed E-state index contributed by atoms with van der Waals surface area (Å²) in [4.78, 5) is 23.8. The van der Waals surface area contributed by atoms with E-state index in [2.05, 4.69) is 36.2 Å². The number of carbonyl (C=O) groups excluding carboxylic acids is 1. The molecule has 2 aromatic heterocycles. The first kappa shape index (κ1) is 27.1. The Morgan fingerprint density at radius 3 is 2.38 bits per heavy atom. The molecule has 2 unspecified atom stereocenters. The molecule has 196 valence electrons. The van der Waals surface area contributed by atoms with E-state index in [1.165, 1.54) is 6.20 Å². The number of amides is 1. The fourth-order valence-electron chi connectivity index (χ4n) is 4.02. The molecule has 1 N–H and O–H groups in total. The highest BCUT2D eigenvalue weighted by Gasteiger charge is 2.43. The minimum absolute atomic E-state index is 0.00819. The molecule has 3 aromatic rings. The van der Waals surface area contributed by atoms with Crippen molar-refractivity contribution >= 4 is 31.9 Å². The van der Waals surface area contributed by atoms with Gasteiger partial charge in [-0.3, -0.25) is 9.78 Å². The summed E-state index contributed by atoms with van der Waals surface area (Å²) in [7, 11) is -4.05. The molecule has 1 aliphatic heterocycles. The van der Waals surface area contributed by atoms with Crippen LogP contribution in [0.4, 0.5) is 17.6 Å². The van der Waals surface area contributed by atoms with Gasteiger partial charge < -0.3 is 5.32 Å². The molecule has 1 aliphatic rings. The Kier molecular flexibility index (Phi) is 7.62. The third-order valence-electron chi connectivity index (χ3n) is 5.88. The van der Waals surface area contributed by atoms with Crippen LogP contribution in [0.5, 0.6) is 0 Å². The van der Waals surface area contributed by atoms with Gasteiger partial charge in [-0.25, -0.2) is 22.8 Å². The van der Waals surface area contributed by atoms with Crippen molar-refractivity contribution in [1.82, 2.24) is 24.6 Å². The van der Waals surface area contributed by atoms with E-state index < -0.39 is 45.8 Å². The molecule has 3 heterocycles. The molecule has 1 fully saturated rings. The van der Waals surface area contributed by atoms with Crippen molar-refractivity contribution in [2.75, 3.05) is 0 Å². The number of pyridine rings is 1. The normalized spacial score (nSPS) is 18.6. The molecule has 14 heteroatoms. The van der Waals surface area contributed by atoms with Crippen molar-refractivity contribution in [1.29, 1.82) is 0 Å². The predicted octanol–water partition coefficient (Wildman–Crippen LogP) is 4.32. The summed E-state index contributed by atoms with van der Waals surface area (Å²) in [5.41, 5.74) is 1.09. The topological polar surface area (TPSA) is 105 Å². The van der Waals surface area contributed by atoms with Crippen LogP contribution >= 0.6 is 15.9 Å². The number of carbonyl (C=O) groups is 1. The summed E-state index contributed by atoms with van der Waals surface area (Å²) in [6.07, 6.45) is -0.456. The molecule has 8 nitrogen and oxygen atoms in total. The van der Waals surface area contributed by atoms with Gasteiger partial charge in [0.1, 0.15) is 11.9 Å². The first-order chi connectivity index (χ1) is 17.4. The zero-order valence-electron chi connectivity index (χ0n) is 19.2. The highest BCUT2D eigenvalue weighted by atomic mass is 79.9. The lowest BCUT2D eigenvalue weighted by Gasteiger charge is -2.27. The van der Waals surface area contributed by atoms with Gasteiger partial charge in [0.05, 0.1) is 10.6 Å². The van der Waals surface area contributed by atoms with E-state index in [9.17, 15) is 30.8 Å². The number of hydrogen-bond donors (Lipinski definition) is 1. The summed E-state index contributed by atoms with van der Waals surface area (Å²) in [6, 6.07) is 4.56. The molecule has 1 aromatic carbocycles. The molecular weight excluding hydrogens is 582 g/mol. The number of nitrogens with zero attached hydrogens (tertiary/aromatic N) is 4. The van der Waals surface area contributed by atoms with Crippen LogP contribution in [-0.4, -0.2) is 45.7 Å². The van der Waals surface area contributed by atoms with Crippen molar-refractivity contribution in [3.05, 3.63) is 70.6 Å². The number of nitrogens with one attached hydrogen (secondary N) is 1. The SMILES string of the molecule is CC1CCC(C(=O)NCc2cc(-c3cnc(C(F)(F)F)nc3)ncc2Br)N1S(=O)(=O)c1ccc(F)cc1. The number of halogens is 5. The fourth-order valence-corrected chi connectivity index (χ4v) is 6.22. The average Bonchev–Trinajstić information content (AvgIpc) is 3.25. The third-order valence-corrected chi connectivity index (χ3v) is 8.63. The summed E-state index contributed by atoms with van der Waals surface area (Å²) in [5.74, 6) is -2.36. The average molecular weight is 602 g/mol. The van der Waals surface area contributed by atoms with E-state index in [-0.39, 0.29) is 22.7 Å². The van der Waals surface area contributed by atoms with Crippen molar-refractivity contribution in [2.45, 2.75) is 49.5 Å². The van der Waals surface area contributed by atoms with E-state index >= 15 is 0 Å². The molecule has 1 saturated heterocycles. The van der Waals surface area contributed by atoms with E-state index in [0.29, 0.717) is 22.9 Å². The number of aromatic nitrogens is 3. The van der Waals surface area contributed by atoms with E-state index in [0.717, 1.165) is 41.0 Å². The Morgan fingerprint density at radius 1 is 1.11 bits per heavy atom. The highest BCUT2D eigenvalue weighted by molar-refractivity contribution is 9.10. The van der Waals surface area contributed by atoms with Crippen LogP contribution in [-0.2, 0) is 27.5 Å². The van der Waals surface area contributed by atoms with Crippen molar-refractivity contribution in [3.8, 4) is 11.3 Å². The first-order valence-corrected chi connectivity index (χ1v) is 13.2. The number of alkyl halides is 3. The van der Waals surface area contributed by atoms with Gasteiger partial charge in [-0.05, 0) is 71.6 Å². The van der Waals surface area contributed by atoms with Crippen molar-refractivity contribution in [2.24, 2.45) is 0 Å². The van der Waals surface area contributed by atoms with Crippen LogP contribution in [0.1, 0.15) is 31.2 Å². The molecule has 0 aliphatic carbocycles. The molecule has 37 heavy (non-hydrogen) atoms. The monoisotopic (exact) mass is 601 g/mol. The molecule has 4 rings (SSSR count). The van der Waals surface area contributed by atoms with Crippen LogP contribution in [0.2, 0.25) is 0 Å². The number of hydrogen-bond acceptors (Lipinski definition) is 6. The fraction of sp³-hybridized carbons (Fsp3) is 0.304. The Morgan fingerprint density at radius 2 is 1.76 bits per heavy atom. The lowest BCUT2D eigenvalue weighted by atomic mass is 10.1. The molecule has 0 saturated carbocycles. The quantitative estimate of drug-likeness (QED) is 0.422. The van der Waals surface area contributed by atoms with Gasteiger partial charge in [0.15, 0.2) is 0 Å². The Hall–Kier alpha value is -2.97. The van der Waals surface area contributed by atoms with Gasteiger partial charge in [-0.1, -0.05) is 0 Å². The maximum Gasteiger partial charge on any atom is 0.451 e. The van der Waals surface area contributed by atoms with Gasteiger partial charge in [0.25, 0.3) is 0 Å². The second kappa shape index (κ2) is 10.4. The van der Waals surface area contributed by atoms with Gasteiger partial charge in [0.2, 0.25) is 21.8 Å². The zero-order chi connectivity index (χ0) is 27.0. The Bertz CT molecular complexity index is 1400. The lowest BCUT2D eigenvalue weighted by molar-refractivity contribution is -0.145. The second-order valence-electron chi connectivity index (χ2n) is 8.40. The van der Waals surface area contributed by atoms with Crippen LogP contribution in [0.3, 0.4) is 0 Å². The molecule has 0 spiro atoms. The first-order valence-electron chi connectivity index (χ1n) is 11.0. The van der Waals surface area contributed by atoms with E-state index in [4.69, 9.17) is 0 Å². The van der Waals surface area contributed by atoms with E-state index in [1.807, 2.05) is 0 Å². The van der Waals surface area contributed by atoms with Gasteiger partial charge >= 0.3 is 6.18 Å². The zero-order valence-corrected chi connectivity index (χ0v) is 21.6. The van der Waals surface area contributed by atoms with Crippen LogP contribution in [0.25, 0.3) is 11.3 Å². The molecule has 1 amide bonds. The number of benzene rings is 1. The van der Waals surface area contributed by atoms with Gasteiger partial charge in [-0.15, -0.1) is 0 Å². The maximum absolute atomic E-state index is 13.3. The minimum Gasteiger partial charge on any atom is -0.351 e. The van der Waals surface area contributed by atoms with Crippen molar-refractivity contribution < 1.29 is 30.8 Å². The second-order valence-corrected chi connectivity index (χ2v) is 11.1.